The average molecular weight is 320 g/mol. The van der Waals surface area contributed by atoms with Gasteiger partial charge in [0.1, 0.15) is 5.75 Å². The van der Waals surface area contributed by atoms with Gasteiger partial charge in [-0.3, -0.25) is 0 Å². The van der Waals surface area contributed by atoms with Crippen LogP contribution in [-0.2, 0) is 9.53 Å². The molecule has 2 N–H and O–H groups in total. The topological polar surface area (TPSA) is 61.8 Å². The highest BCUT2D eigenvalue weighted by Crippen LogP contribution is 2.33. The summed E-state index contributed by atoms with van der Waals surface area (Å²) in [5, 5.41) is 13.4. The van der Waals surface area contributed by atoms with Crippen molar-refractivity contribution in [3.05, 3.63) is 41.1 Å². The number of rotatable bonds is 4. The number of ether oxygens (including phenoxy) is 1. The molecule has 5 nitrogen and oxygen atoms in total. The van der Waals surface area contributed by atoms with Gasteiger partial charge in [0, 0.05) is 12.7 Å². The molecule has 1 aliphatic heterocycles. The Morgan fingerprint density at radius 3 is 2.77 bits per heavy atom. The molecule has 0 radical (unpaired) electrons. The Bertz CT molecular complexity index is 628. The SMILES string of the molecule is CCOC(=O)C1=C(CC)N(C)C(=S)NC1c1cccc(O)c1. The van der Waals surface area contributed by atoms with E-state index in [0.717, 1.165) is 11.3 Å². The Balaban J connectivity index is 2.56. The van der Waals surface area contributed by atoms with Crippen molar-refractivity contribution in [1.82, 2.24) is 10.2 Å². The van der Waals surface area contributed by atoms with E-state index in [0.29, 0.717) is 23.7 Å². The number of hydrogen-bond acceptors (Lipinski definition) is 4. The minimum atomic E-state index is -0.426. The highest BCUT2D eigenvalue weighted by Gasteiger charge is 2.34. The number of thiocarbonyl (C=S) groups is 1. The summed E-state index contributed by atoms with van der Waals surface area (Å²) in [6.07, 6.45) is 0.655. The van der Waals surface area contributed by atoms with E-state index < -0.39 is 6.04 Å². The molecule has 0 saturated heterocycles. The fourth-order valence-electron chi connectivity index (χ4n) is 2.59. The maximum atomic E-state index is 12.4. The highest BCUT2D eigenvalue weighted by atomic mass is 32.1. The van der Waals surface area contributed by atoms with Crippen molar-refractivity contribution in [2.45, 2.75) is 26.3 Å². The number of benzene rings is 1. The summed E-state index contributed by atoms with van der Waals surface area (Å²) < 4.78 is 5.21. The first kappa shape index (κ1) is 16.3. The lowest BCUT2D eigenvalue weighted by Crippen LogP contribution is -2.46. The summed E-state index contributed by atoms with van der Waals surface area (Å²) in [5.41, 5.74) is 2.13. The van der Waals surface area contributed by atoms with Crippen LogP contribution in [0.5, 0.6) is 5.75 Å². The lowest BCUT2D eigenvalue weighted by atomic mass is 9.94. The molecule has 0 aromatic heterocycles. The zero-order valence-corrected chi connectivity index (χ0v) is 13.7. The van der Waals surface area contributed by atoms with E-state index in [1.54, 1.807) is 30.0 Å². The number of carbonyl (C=O) groups is 1. The van der Waals surface area contributed by atoms with Crippen LogP contribution in [0.25, 0.3) is 0 Å². The first-order valence-electron chi connectivity index (χ1n) is 7.22. The van der Waals surface area contributed by atoms with Crippen LogP contribution in [0, 0.1) is 0 Å². The predicted molar refractivity (Wildman–Crippen MR) is 88.3 cm³/mol. The lowest BCUT2D eigenvalue weighted by molar-refractivity contribution is -0.139. The number of carbonyl (C=O) groups excluding carboxylic acids is 1. The molecule has 1 heterocycles. The molecule has 0 spiro atoms. The normalized spacial score (nSPS) is 18.2. The third-order valence-electron chi connectivity index (χ3n) is 3.61. The van der Waals surface area contributed by atoms with Gasteiger partial charge < -0.3 is 20.1 Å². The highest BCUT2D eigenvalue weighted by molar-refractivity contribution is 7.80. The van der Waals surface area contributed by atoms with Crippen molar-refractivity contribution in [2.75, 3.05) is 13.7 Å². The van der Waals surface area contributed by atoms with Gasteiger partial charge in [0.25, 0.3) is 0 Å². The smallest absolute Gasteiger partial charge is 0.338 e. The van der Waals surface area contributed by atoms with Crippen molar-refractivity contribution < 1.29 is 14.6 Å². The molecule has 1 aromatic carbocycles. The van der Waals surface area contributed by atoms with E-state index >= 15 is 0 Å². The van der Waals surface area contributed by atoms with E-state index in [4.69, 9.17) is 17.0 Å². The molecule has 0 saturated carbocycles. The van der Waals surface area contributed by atoms with Gasteiger partial charge in [0.15, 0.2) is 5.11 Å². The monoisotopic (exact) mass is 320 g/mol. The van der Waals surface area contributed by atoms with Crippen LogP contribution in [0.3, 0.4) is 0 Å². The van der Waals surface area contributed by atoms with Crippen molar-refractivity contribution in [2.24, 2.45) is 0 Å². The van der Waals surface area contributed by atoms with Crippen molar-refractivity contribution in [3.63, 3.8) is 0 Å². The van der Waals surface area contributed by atoms with Crippen LogP contribution in [0.2, 0.25) is 0 Å². The van der Waals surface area contributed by atoms with Crippen molar-refractivity contribution >= 4 is 23.3 Å². The van der Waals surface area contributed by atoms with Crippen LogP contribution in [0.4, 0.5) is 0 Å². The van der Waals surface area contributed by atoms with Gasteiger partial charge in [-0.1, -0.05) is 19.1 Å². The number of nitrogens with zero attached hydrogens (tertiary/aromatic N) is 1. The third-order valence-corrected chi connectivity index (χ3v) is 4.00. The Morgan fingerprint density at radius 1 is 1.45 bits per heavy atom. The molecule has 0 amide bonds. The lowest BCUT2D eigenvalue weighted by Gasteiger charge is -2.36. The summed E-state index contributed by atoms with van der Waals surface area (Å²) in [5.74, 6) is -0.222. The molecule has 1 unspecified atom stereocenters. The number of phenolic OH excluding ortho intramolecular Hbond substituents is 1. The molecule has 0 bridgehead atoms. The maximum Gasteiger partial charge on any atom is 0.338 e. The summed E-state index contributed by atoms with van der Waals surface area (Å²) >= 11 is 5.35. The van der Waals surface area contributed by atoms with Gasteiger partial charge in [0.2, 0.25) is 0 Å². The van der Waals surface area contributed by atoms with Gasteiger partial charge in [-0.2, -0.15) is 0 Å². The predicted octanol–water partition coefficient (Wildman–Crippen LogP) is 2.48. The number of esters is 1. The van der Waals surface area contributed by atoms with E-state index in [1.165, 1.54) is 0 Å². The minimum Gasteiger partial charge on any atom is -0.508 e. The van der Waals surface area contributed by atoms with E-state index in [2.05, 4.69) is 5.32 Å². The molecular formula is C16H20N2O3S. The Kier molecular flexibility index (Phi) is 5.03. The fourth-order valence-corrected chi connectivity index (χ4v) is 2.82. The molecule has 2 rings (SSSR count). The average Bonchev–Trinajstić information content (AvgIpc) is 2.49. The van der Waals surface area contributed by atoms with E-state index in [-0.39, 0.29) is 11.7 Å². The van der Waals surface area contributed by atoms with Gasteiger partial charge in [0.05, 0.1) is 18.2 Å². The summed E-state index contributed by atoms with van der Waals surface area (Å²) in [6.45, 7) is 4.05. The molecular weight excluding hydrogens is 300 g/mol. The van der Waals surface area contributed by atoms with Crippen LogP contribution < -0.4 is 5.32 Å². The second-order valence-electron chi connectivity index (χ2n) is 4.97. The molecule has 1 aliphatic rings. The standard InChI is InChI=1S/C16H20N2O3S/c1-4-12-13(15(20)21-5-2)14(17-16(22)18(12)3)10-7-6-8-11(19)9-10/h6-9,14,19H,4-5H2,1-3H3,(H,17,22). The van der Waals surface area contributed by atoms with Gasteiger partial charge in [-0.25, -0.2) is 4.79 Å². The Morgan fingerprint density at radius 2 is 2.18 bits per heavy atom. The van der Waals surface area contributed by atoms with Crippen LogP contribution >= 0.6 is 12.2 Å². The summed E-state index contributed by atoms with van der Waals surface area (Å²) in [6, 6.07) is 6.37. The van der Waals surface area contributed by atoms with Crippen molar-refractivity contribution in [1.29, 1.82) is 0 Å². The first-order chi connectivity index (χ1) is 10.5. The van der Waals surface area contributed by atoms with Crippen molar-refractivity contribution in [3.8, 4) is 5.75 Å². The van der Waals surface area contributed by atoms with Gasteiger partial charge in [-0.15, -0.1) is 0 Å². The zero-order valence-electron chi connectivity index (χ0n) is 12.9. The number of aromatic hydroxyl groups is 1. The number of phenols is 1. The van der Waals surface area contributed by atoms with Crippen LogP contribution in [-0.4, -0.2) is 34.7 Å². The Labute approximate surface area is 135 Å². The fraction of sp³-hybridized carbons (Fsp3) is 0.375. The quantitative estimate of drug-likeness (QED) is 0.656. The largest absolute Gasteiger partial charge is 0.508 e. The summed E-state index contributed by atoms with van der Waals surface area (Å²) in [7, 11) is 1.83. The molecule has 0 fully saturated rings. The number of nitrogens with one attached hydrogen (secondary N) is 1. The van der Waals surface area contributed by atoms with Gasteiger partial charge >= 0.3 is 5.97 Å². The number of allylic oxidation sites excluding steroid dienone is 1. The van der Waals surface area contributed by atoms with E-state index in [9.17, 15) is 9.90 Å². The van der Waals surface area contributed by atoms with Gasteiger partial charge in [-0.05, 0) is 43.3 Å². The first-order valence-corrected chi connectivity index (χ1v) is 7.63. The second kappa shape index (κ2) is 6.79. The second-order valence-corrected chi connectivity index (χ2v) is 5.36. The van der Waals surface area contributed by atoms with Crippen LogP contribution in [0.1, 0.15) is 31.9 Å². The zero-order chi connectivity index (χ0) is 16.3. The molecule has 118 valence electrons. The van der Waals surface area contributed by atoms with Crippen LogP contribution in [0.15, 0.2) is 35.5 Å². The molecule has 22 heavy (non-hydrogen) atoms. The molecule has 0 aliphatic carbocycles. The maximum absolute atomic E-state index is 12.4. The molecule has 6 heteroatoms. The minimum absolute atomic E-state index is 0.144. The Hall–Kier alpha value is -2.08. The summed E-state index contributed by atoms with van der Waals surface area (Å²) in [4.78, 5) is 14.2. The third kappa shape index (κ3) is 3.06. The molecule has 1 atom stereocenters. The number of hydrogen-bond donors (Lipinski definition) is 2. The molecule has 1 aromatic rings. The van der Waals surface area contributed by atoms with E-state index in [1.807, 2.05) is 20.0 Å².